The van der Waals surface area contributed by atoms with Gasteiger partial charge in [0.15, 0.2) is 5.78 Å². The van der Waals surface area contributed by atoms with Crippen LogP contribution in [0, 0.1) is 29.6 Å². The number of carbonyl (C=O) groups is 7. The van der Waals surface area contributed by atoms with Crippen LogP contribution in [0.5, 0.6) is 5.75 Å². The zero-order chi connectivity index (χ0) is 54.5. The molecule has 0 spiro atoms. The lowest BCUT2D eigenvalue weighted by Gasteiger charge is -2.41. The normalized spacial score (nSPS) is 21.5. The molecule has 1 saturated carbocycles. The molecule has 0 aromatic heterocycles. The highest BCUT2D eigenvalue weighted by Gasteiger charge is 2.44. The highest BCUT2D eigenvalue weighted by Crippen LogP contribution is 2.31. The third-order valence-electron chi connectivity index (χ3n) is 14.9. The number of hydrogen-bond acceptors (Lipinski definition) is 14. The molecule has 1 aliphatic carbocycles. The molecule has 4 rings (SSSR count). The van der Waals surface area contributed by atoms with Crippen molar-refractivity contribution < 1.29 is 56.2 Å². The van der Waals surface area contributed by atoms with Gasteiger partial charge in [-0.2, -0.15) is 0 Å². The molecule has 2 heterocycles. The second-order valence-electron chi connectivity index (χ2n) is 21.2. The minimum absolute atomic E-state index is 0.000882. The number of sulfonamides is 1. The molecule has 21 heteroatoms. The number of likely N-dealkylation sites (tertiary alicyclic amines) is 1. The molecular weight excluding hydrogens is 961 g/mol. The van der Waals surface area contributed by atoms with Crippen molar-refractivity contribution in [1.82, 2.24) is 40.7 Å². The molecule has 1 aromatic rings. The first-order chi connectivity index (χ1) is 34.4. The number of methoxy groups -OCH3 is 2. The van der Waals surface area contributed by atoms with Gasteiger partial charge in [0.25, 0.3) is 5.91 Å². The molecule has 11 atom stereocenters. The van der Waals surface area contributed by atoms with Gasteiger partial charge >= 0.3 is 0 Å². The van der Waals surface area contributed by atoms with Crippen LogP contribution in [0.4, 0.5) is 0 Å². The zero-order valence-electron chi connectivity index (χ0n) is 45.5. The van der Waals surface area contributed by atoms with Gasteiger partial charge in [0.1, 0.15) is 24.4 Å². The Balaban J connectivity index is 1.48. The van der Waals surface area contributed by atoms with Gasteiger partial charge in [-0.3, -0.25) is 43.2 Å². The molecule has 5 N–H and O–H groups in total. The van der Waals surface area contributed by atoms with E-state index in [0.717, 1.165) is 0 Å². The maximum Gasteiger partial charge on any atom is 0.256 e. The van der Waals surface area contributed by atoms with E-state index in [-0.39, 0.29) is 72.5 Å². The Labute approximate surface area is 433 Å². The Hall–Kier alpha value is -4.70. The molecule has 0 bridgehead atoms. The van der Waals surface area contributed by atoms with Gasteiger partial charge < -0.3 is 45.3 Å². The Kier molecular flexibility index (Phi) is 23.1. The molecule has 0 radical (unpaired) electrons. The standard InChI is InChI=1S/C52H86N8O12S/c1-14-32(6)46(59(11)52(67)44(30(2)3)56-51(66)45(31(4)5)58(9)10)42(70-12)28-43(62)60-25-15-16-40(60)47(71-13)33(7)48(63)55-39(50(65)57-73(68,69)37-21-22-37)26-34-17-19-36(20-18-34)72-29-41(61)38-27-35(23-24-54-38)49(64)53-8/h17-20,30-33,35,37-40,42,44-47,54H,14-16,21-29H2,1-13H3,(H,53,64)(H,55,63)(H,56,66)(H,57,65)/t32-,33+,35?,38?,39-,40-,42+,44-,45-,46-,47+/m0/s1. The van der Waals surface area contributed by atoms with Crippen molar-refractivity contribution in [2.45, 2.75) is 160 Å². The van der Waals surface area contributed by atoms with Crippen molar-refractivity contribution in [2.75, 3.05) is 62.1 Å². The van der Waals surface area contributed by atoms with Gasteiger partial charge in [-0.25, -0.2) is 8.42 Å². The van der Waals surface area contributed by atoms with Crippen molar-refractivity contribution in [3.63, 3.8) is 0 Å². The second-order valence-corrected chi connectivity index (χ2v) is 23.1. The summed E-state index contributed by atoms with van der Waals surface area (Å²) in [6.07, 6.45) is 1.93. The van der Waals surface area contributed by atoms with Crippen LogP contribution in [0.1, 0.15) is 105 Å². The predicted octanol–water partition coefficient (Wildman–Crippen LogP) is 2.03. The third kappa shape index (κ3) is 16.4. The summed E-state index contributed by atoms with van der Waals surface area (Å²) in [5.74, 6) is -3.74. The molecule has 3 fully saturated rings. The van der Waals surface area contributed by atoms with Crippen LogP contribution in [-0.2, 0) is 59.5 Å². The van der Waals surface area contributed by atoms with Crippen molar-refractivity contribution in [3.05, 3.63) is 29.8 Å². The summed E-state index contributed by atoms with van der Waals surface area (Å²) >= 11 is 0. The number of ether oxygens (including phenoxy) is 3. The lowest BCUT2D eigenvalue weighted by Crippen LogP contribution is -2.59. The average molecular weight is 1050 g/mol. The van der Waals surface area contributed by atoms with Crippen molar-refractivity contribution in [2.24, 2.45) is 29.6 Å². The summed E-state index contributed by atoms with van der Waals surface area (Å²) in [5, 5.41) is 10.9. The average Bonchev–Trinajstić information content (AvgIpc) is 4.12. The number of likely N-dealkylation sites (N-methyl/N-ethyl adjacent to an activating group) is 2. The van der Waals surface area contributed by atoms with Crippen LogP contribution < -0.4 is 30.7 Å². The Bertz CT molecular complexity index is 2150. The summed E-state index contributed by atoms with van der Waals surface area (Å²) in [5.41, 5.74) is 0.568. The maximum absolute atomic E-state index is 14.5. The first-order valence-electron chi connectivity index (χ1n) is 26.0. The number of rotatable bonds is 28. The lowest BCUT2D eigenvalue weighted by molar-refractivity contribution is -0.148. The fraction of sp³-hybridized carbons (Fsp3) is 0.750. The van der Waals surface area contributed by atoms with Crippen molar-refractivity contribution >= 4 is 51.2 Å². The highest BCUT2D eigenvalue weighted by molar-refractivity contribution is 7.90. The quantitative estimate of drug-likeness (QED) is 0.0806. The van der Waals surface area contributed by atoms with E-state index in [1.807, 2.05) is 60.5 Å². The van der Waals surface area contributed by atoms with Gasteiger partial charge in [-0.05, 0) is 94.6 Å². The topological polar surface area (TPSA) is 251 Å². The van der Waals surface area contributed by atoms with E-state index in [1.165, 1.54) is 14.2 Å². The zero-order valence-corrected chi connectivity index (χ0v) is 46.3. The Morgan fingerprint density at radius 2 is 1.51 bits per heavy atom. The van der Waals surface area contributed by atoms with Crippen molar-refractivity contribution in [3.8, 4) is 5.75 Å². The first kappa shape index (κ1) is 60.9. The van der Waals surface area contributed by atoms with Gasteiger partial charge in [0, 0.05) is 47.2 Å². The third-order valence-corrected chi connectivity index (χ3v) is 16.8. The van der Waals surface area contributed by atoms with Crippen LogP contribution in [0.3, 0.4) is 0 Å². The fourth-order valence-corrected chi connectivity index (χ4v) is 11.8. The number of carbonyl (C=O) groups excluding carboxylic acids is 7. The minimum atomic E-state index is -3.98. The molecule has 73 heavy (non-hydrogen) atoms. The number of piperidine rings is 1. The van der Waals surface area contributed by atoms with Gasteiger partial charge in [0.05, 0.1) is 54.0 Å². The van der Waals surface area contributed by atoms with Gasteiger partial charge in [-0.15, -0.1) is 0 Å². The molecule has 2 saturated heterocycles. The summed E-state index contributed by atoms with van der Waals surface area (Å²) in [6.45, 7) is 14.0. The van der Waals surface area contributed by atoms with Crippen LogP contribution >= 0.6 is 0 Å². The summed E-state index contributed by atoms with van der Waals surface area (Å²) in [4.78, 5) is 101. The number of ketones is 1. The van der Waals surface area contributed by atoms with E-state index < -0.39 is 81.5 Å². The monoisotopic (exact) mass is 1050 g/mol. The second kappa shape index (κ2) is 27.7. The lowest BCUT2D eigenvalue weighted by atomic mass is 9.89. The number of amides is 6. The largest absolute Gasteiger partial charge is 0.486 e. The molecular formula is C52H86N8O12S. The van der Waals surface area contributed by atoms with E-state index in [4.69, 9.17) is 14.2 Å². The van der Waals surface area contributed by atoms with Gasteiger partial charge in [-0.1, -0.05) is 67.0 Å². The molecule has 2 aliphatic heterocycles. The predicted molar refractivity (Wildman–Crippen MR) is 276 cm³/mol. The fourth-order valence-electron chi connectivity index (χ4n) is 10.4. The minimum Gasteiger partial charge on any atom is -0.486 e. The molecule has 412 valence electrons. The van der Waals surface area contributed by atoms with Crippen LogP contribution in [0.15, 0.2) is 24.3 Å². The number of benzene rings is 1. The molecule has 20 nitrogen and oxygen atoms in total. The number of nitrogens with one attached hydrogen (secondary N) is 5. The molecule has 2 unspecified atom stereocenters. The van der Waals surface area contributed by atoms with Crippen LogP contribution in [0.2, 0.25) is 0 Å². The maximum atomic E-state index is 14.5. The summed E-state index contributed by atoms with van der Waals surface area (Å²) in [6, 6.07) is 2.33. The molecule has 1 aromatic carbocycles. The van der Waals surface area contributed by atoms with E-state index in [9.17, 15) is 42.0 Å². The van der Waals surface area contributed by atoms with E-state index in [2.05, 4.69) is 26.0 Å². The van der Waals surface area contributed by atoms with E-state index in [0.29, 0.717) is 69.3 Å². The van der Waals surface area contributed by atoms with Crippen LogP contribution in [-0.4, -0.2) is 180 Å². The first-order valence-corrected chi connectivity index (χ1v) is 27.6. The molecule has 6 amide bonds. The van der Waals surface area contributed by atoms with Crippen LogP contribution in [0.25, 0.3) is 0 Å². The van der Waals surface area contributed by atoms with Crippen molar-refractivity contribution in [1.29, 1.82) is 0 Å². The Morgan fingerprint density at radius 3 is 2.05 bits per heavy atom. The number of hydrogen-bond donors (Lipinski definition) is 5. The van der Waals surface area contributed by atoms with E-state index >= 15 is 0 Å². The number of nitrogens with zero attached hydrogens (tertiary/aromatic N) is 3. The van der Waals surface area contributed by atoms with Gasteiger partial charge in [0.2, 0.25) is 39.6 Å². The summed E-state index contributed by atoms with van der Waals surface area (Å²) in [7, 11) is 5.91. The highest BCUT2D eigenvalue weighted by atomic mass is 32.2. The SMILES string of the molecule is CC[C@H](C)[C@@H]([C@@H](CC(=O)N1CCC[C@H]1[C@H](OC)[C@@H](C)C(=O)N[C@@H](Cc1ccc(OCC(=O)C2CC(C(=O)NC)CCN2)cc1)C(=O)NS(=O)(=O)C1CC1)OC)N(C)C(=O)[C@@H](NC(=O)[C@H](C(C)C)N(C)C)C(C)C. The molecule has 3 aliphatic rings. The smallest absolute Gasteiger partial charge is 0.256 e. The number of Topliss-reactive ketones (excluding diaryl/α,β-unsaturated/α-hetero) is 1. The Morgan fingerprint density at radius 1 is 0.849 bits per heavy atom. The summed E-state index contributed by atoms with van der Waals surface area (Å²) < 4.78 is 45.9. The van der Waals surface area contributed by atoms with E-state index in [1.54, 1.807) is 55.1 Å².